The first-order chi connectivity index (χ1) is 22.3. The fraction of sp³-hybridized carbons (Fsp3) is 0.226. The summed E-state index contributed by atoms with van der Waals surface area (Å²) in [6.45, 7) is 5.11. The maximum atomic E-state index is 13.0. The van der Waals surface area contributed by atoms with Gasteiger partial charge in [-0.1, -0.05) is 24.3 Å². The molecule has 1 aromatic heterocycles. The summed E-state index contributed by atoms with van der Waals surface area (Å²) in [4.78, 5) is 33.6. The van der Waals surface area contributed by atoms with E-state index < -0.39 is 34.4 Å². The van der Waals surface area contributed by atoms with Gasteiger partial charge in [0.15, 0.2) is 0 Å². The van der Waals surface area contributed by atoms with E-state index in [-0.39, 0.29) is 30.3 Å². The van der Waals surface area contributed by atoms with Crippen molar-refractivity contribution in [3.63, 3.8) is 0 Å². The maximum Gasteiger partial charge on any atom is 0.416 e. The van der Waals surface area contributed by atoms with Crippen LogP contribution in [0.15, 0.2) is 88.3 Å². The molecule has 0 aliphatic rings. The molecule has 4 rings (SSSR count). The van der Waals surface area contributed by atoms with Crippen molar-refractivity contribution in [3.8, 4) is 11.1 Å². The number of halogens is 3. The van der Waals surface area contributed by atoms with E-state index in [1.54, 1.807) is 75.5 Å². The number of aromatic nitrogens is 2. The topological polar surface area (TPSA) is 170 Å². The first-order valence-electron chi connectivity index (χ1n) is 14.3. The van der Waals surface area contributed by atoms with Crippen molar-refractivity contribution in [2.24, 2.45) is 4.36 Å². The zero-order valence-corrected chi connectivity index (χ0v) is 26.4. The summed E-state index contributed by atoms with van der Waals surface area (Å²) in [6, 6.07) is 15.5. The minimum atomic E-state index is -4.54. The van der Waals surface area contributed by atoms with Crippen LogP contribution in [-0.4, -0.2) is 50.0 Å². The molecule has 0 saturated carbocycles. The van der Waals surface area contributed by atoms with E-state index in [9.17, 15) is 32.1 Å². The molecule has 0 radical (unpaired) electrons. The minimum absolute atomic E-state index is 0.0157. The van der Waals surface area contributed by atoms with E-state index in [4.69, 9.17) is 0 Å². The number of alkyl halides is 3. The van der Waals surface area contributed by atoms with E-state index in [2.05, 4.69) is 40.9 Å². The van der Waals surface area contributed by atoms with Gasteiger partial charge in [0.25, 0.3) is 0 Å². The Morgan fingerprint density at radius 3 is 2.30 bits per heavy atom. The van der Waals surface area contributed by atoms with Crippen LogP contribution in [0, 0.1) is 0 Å². The fourth-order valence-corrected chi connectivity index (χ4v) is 4.89. The van der Waals surface area contributed by atoms with E-state index in [1.165, 1.54) is 12.1 Å². The third-order valence-corrected chi connectivity index (χ3v) is 7.35. The number of carbonyl (C=O) groups excluding carboxylic acids is 2. The highest BCUT2D eigenvalue weighted by Gasteiger charge is 2.30. The Labute approximate surface area is 270 Å². The molecule has 6 N–H and O–H groups in total. The van der Waals surface area contributed by atoms with Gasteiger partial charge < -0.3 is 31.7 Å². The average Bonchev–Trinajstić information content (AvgIpc) is 3.01. The third-order valence-electron chi connectivity index (χ3n) is 6.26. The Balaban J connectivity index is 1.50. The molecule has 3 aromatic carbocycles. The number of hydrogen-bond acceptors (Lipinski definition) is 8. The molecule has 0 aliphatic heterocycles. The summed E-state index contributed by atoms with van der Waals surface area (Å²) in [5.74, 6) is 0.572. The lowest BCUT2D eigenvalue weighted by Gasteiger charge is -2.17. The zero-order chi connectivity index (χ0) is 34.1. The number of aliphatic hydroxyl groups is 1. The number of benzene rings is 3. The summed E-state index contributed by atoms with van der Waals surface area (Å²) >= 11 is 0. The quantitative estimate of drug-likeness (QED) is 0.0940. The number of hydrogen-bond donors (Lipinski definition) is 7. The molecule has 2 unspecified atom stereocenters. The molecule has 0 aliphatic carbocycles. The predicted octanol–water partition coefficient (Wildman–Crippen LogP) is 6.48. The highest BCUT2D eigenvalue weighted by atomic mass is 32.2. The van der Waals surface area contributed by atoms with Gasteiger partial charge in [0.2, 0.25) is 5.95 Å². The van der Waals surface area contributed by atoms with Crippen LogP contribution in [-0.2, 0) is 16.8 Å². The van der Waals surface area contributed by atoms with Gasteiger partial charge in [-0.05, 0) is 74.9 Å². The molecule has 4 aromatic rings. The molecular formula is C31H33F3N8O4S. The SMILES string of the molecule is CC(C)NC(=O)/N=[SH](=O)\c1cccc(Nc2ncc(-c3ccc(NC(=O)Nc4cccc(C(F)(F)F)c4)cc3)c(NC(C)CO)n2)c1. The van der Waals surface area contributed by atoms with E-state index in [0.717, 1.165) is 12.1 Å². The monoisotopic (exact) mass is 670 g/mol. The van der Waals surface area contributed by atoms with Crippen molar-refractivity contribution in [2.75, 3.05) is 27.9 Å². The number of amides is 4. The number of nitrogens with one attached hydrogen (secondary N) is 5. The Morgan fingerprint density at radius 2 is 1.62 bits per heavy atom. The van der Waals surface area contributed by atoms with Gasteiger partial charge >= 0.3 is 18.2 Å². The van der Waals surface area contributed by atoms with Gasteiger partial charge in [0, 0.05) is 45.8 Å². The summed E-state index contributed by atoms with van der Waals surface area (Å²) in [6.07, 6.45) is -2.98. The van der Waals surface area contributed by atoms with Gasteiger partial charge in [0.05, 0.1) is 22.8 Å². The number of aliphatic hydroxyl groups excluding tert-OH is 1. The van der Waals surface area contributed by atoms with Gasteiger partial charge in [-0.15, -0.1) is 4.36 Å². The molecule has 1 heterocycles. The minimum Gasteiger partial charge on any atom is -0.394 e. The first kappa shape index (κ1) is 34.6. The number of urea groups is 2. The lowest BCUT2D eigenvalue weighted by molar-refractivity contribution is -0.137. The smallest absolute Gasteiger partial charge is 0.394 e. The fourth-order valence-electron chi connectivity index (χ4n) is 4.09. The van der Waals surface area contributed by atoms with Crippen LogP contribution >= 0.6 is 0 Å². The van der Waals surface area contributed by atoms with Crippen molar-refractivity contribution < 1.29 is 32.1 Å². The van der Waals surface area contributed by atoms with Gasteiger partial charge in [-0.25, -0.2) is 18.8 Å². The number of rotatable bonds is 10. The van der Waals surface area contributed by atoms with Crippen molar-refractivity contribution in [1.82, 2.24) is 15.3 Å². The molecule has 47 heavy (non-hydrogen) atoms. The van der Waals surface area contributed by atoms with Crippen LogP contribution < -0.4 is 26.6 Å². The van der Waals surface area contributed by atoms with Crippen molar-refractivity contribution in [2.45, 2.75) is 43.9 Å². The van der Waals surface area contributed by atoms with Gasteiger partial charge in [-0.2, -0.15) is 18.2 Å². The number of carbonyl (C=O) groups is 2. The maximum absolute atomic E-state index is 13.0. The second kappa shape index (κ2) is 15.4. The Morgan fingerprint density at radius 1 is 0.936 bits per heavy atom. The summed E-state index contributed by atoms with van der Waals surface area (Å²) in [5, 5.41) is 23.4. The standard InChI is InChI=1S/C31H33F3N8O4S/c1-18(2)36-30(45)42-47(46)25-9-5-8-24(15-25)38-28-35-16-26(27(41-28)37-19(3)17-43)20-10-12-22(13-11-20)39-29(44)40-23-7-4-6-21(14-23)31(32,33)34/h4-16,18-19,43,47H,17H2,1-3H3,(H,36,45)(H2,39,40,44)(H2,35,37,38,41). The molecule has 12 nitrogen and oxygen atoms in total. The van der Waals surface area contributed by atoms with E-state index in [1.807, 2.05) is 0 Å². The number of anilines is 5. The highest BCUT2D eigenvalue weighted by molar-refractivity contribution is 7.75. The average molecular weight is 671 g/mol. The summed E-state index contributed by atoms with van der Waals surface area (Å²) < 4.78 is 55.3. The zero-order valence-electron chi connectivity index (χ0n) is 25.5. The molecule has 0 fully saturated rings. The molecule has 0 saturated heterocycles. The third kappa shape index (κ3) is 10.1. The molecule has 16 heteroatoms. The number of nitrogens with zero attached hydrogens (tertiary/aromatic N) is 3. The molecule has 2 atom stereocenters. The van der Waals surface area contributed by atoms with Crippen LogP contribution in [0.5, 0.6) is 0 Å². The Bertz CT molecular complexity index is 1810. The van der Waals surface area contributed by atoms with Gasteiger partial charge in [-0.3, -0.25) is 0 Å². The predicted molar refractivity (Wildman–Crippen MR) is 175 cm³/mol. The van der Waals surface area contributed by atoms with Crippen LogP contribution in [0.25, 0.3) is 11.1 Å². The van der Waals surface area contributed by atoms with Crippen LogP contribution in [0.4, 0.5) is 51.6 Å². The Kier molecular flexibility index (Phi) is 11.3. The van der Waals surface area contributed by atoms with Crippen molar-refractivity contribution >= 4 is 51.5 Å². The lowest BCUT2D eigenvalue weighted by atomic mass is 10.1. The number of thiol groups is 1. The molecule has 0 spiro atoms. The second-order valence-corrected chi connectivity index (χ2v) is 11.8. The second-order valence-electron chi connectivity index (χ2n) is 10.6. The van der Waals surface area contributed by atoms with Crippen molar-refractivity contribution in [1.29, 1.82) is 0 Å². The first-order valence-corrected chi connectivity index (χ1v) is 15.5. The molecule has 0 bridgehead atoms. The lowest BCUT2D eigenvalue weighted by Crippen LogP contribution is -2.27. The summed E-state index contributed by atoms with van der Waals surface area (Å²) in [7, 11) is -2.35. The largest absolute Gasteiger partial charge is 0.416 e. The van der Waals surface area contributed by atoms with Crippen LogP contribution in [0.1, 0.15) is 26.3 Å². The van der Waals surface area contributed by atoms with Crippen molar-refractivity contribution in [3.05, 3.63) is 84.6 Å². The molecular weight excluding hydrogens is 637 g/mol. The van der Waals surface area contributed by atoms with E-state index >= 15 is 0 Å². The van der Waals surface area contributed by atoms with Crippen LogP contribution in [0.2, 0.25) is 0 Å². The van der Waals surface area contributed by atoms with E-state index in [0.29, 0.717) is 33.2 Å². The molecule has 248 valence electrons. The molecule has 4 amide bonds. The normalized spacial score (nSPS) is 12.7. The van der Waals surface area contributed by atoms with Crippen LogP contribution in [0.3, 0.4) is 0 Å². The van der Waals surface area contributed by atoms with Gasteiger partial charge in [0.1, 0.15) is 5.82 Å². The Hall–Kier alpha value is -5.22. The highest BCUT2D eigenvalue weighted by Crippen LogP contribution is 2.31. The summed E-state index contributed by atoms with van der Waals surface area (Å²) in [5.41, 5.74) is 1.21.